The normalized spacial score (nSPS) is 22.9. The Hall–Kier alpha value is -2.80. The maximum atomic E-state index is 12.9. The Labute approximate surface area is 188 Å². The van der Waals surface area contributed by atoms with Crippen molar-refractivity contribution in [3.05, 3.63) is 64.1 Å². The number of hydrogen-bond donors (Lipinski definition) is 0. The predicted octanol–water partition coefficient (Wildman–Crippen LogP) is 4.41. The van der Waals surface area contributed by atoms with Crippen molar-refractivity contribution in [2.45, 2.75) is 26.2 Å². The Balaban J connectivity index is 1.46. The first kappa shape index (κ1) is 21.4. The second kappa shape index (κ2) is 8.75. The zero-order valence-electron chi connectivity index (χ0n) is 17.0. The molecule has 0 radical (unpaired) electrons. The van der Waals surface area contributed by atoms with E-state index < -0.39 is 12.6 Å². The van der Waals surface area contributed by atoms with Crippen LogP contribution in [-0.2, 0) is 14.3 Å². The number of esters is 1. The van der Waals surface area contributed by atoms with Crippen molar-refractivity contribution >= 4 is 45.2 Å². The van der Waals surface area contributed by atoms with Gasteiger partial charge in [0.05, 0.1) is 23.1 Å². The number of anilines is 1. The van der Waals surface area contributed by atoms with Gasteiger partial charge in [0.1, 0.15) is 0 Å². The fraction of sp³-hybridized carbons (Fsp3) is 0.333. The van der Waals surface area contributed by atoms with E-state index in [0.717, 1.165) is 10.9 Å². The molecule has 4 rings (SSSR count). The van der Waals surface area contributed by atoms with Crippen LogP contribution in [-0.4, -0.2) is 30.2 Å². The number of ether oxygens (including phenoxy) is 1. The second-order valence-corrected chi connectivity index (χ2v) is 9.12. The van der Waals surface area contributed by atoms with E-state index in [2.05, 4.69) is 22.9 Å². The molecule has 0 aromatic heterocycles. The third-order valence-corrected chi connectivity index (χ3v) is 6.56. The first-order valence-electron chi connectivity index (χ1n) is 10.3. The molecule has 7 heteroatoms. The molecule has 0 bridgehead atoms. The van der Waals surface area contributed by atoms with Gasteiger partial charge in [0.25, 0.3) is 0 Å². The molecule has 2 aromatic carbocycles. The number of rotatable bonds is 5. The minimum absolute atomic E-state index is 0.185. The lowest BCUT2D eigenvalue weighted by molar-refractivity contribution is -0.122. The molecule has 6 nitrogen and oxygen atoms in total. The van der Waals surface area contributed by atoms with Gasteiger partial charge in [-0.2, -0.15) is 0 Å². The summed E-state index contributed by atoms with van der Waals surface area (Å²) < 4.78 is 6.01. The summed E-state index contributed by atoms with van der Waals surface area (Å²) in [6.45, 7) is 1.71. The first-order chi connectivity index (χ1) is 14.8. The third kappa shape index (κ3) is 4.32. The third-order valence-electron chi connectivity index (χ3n) is 6.03. The average molecular weight is 484 g/mol. The van der Waals surface area contributed by atoms with Gasteiger partial charge in [0.2, 0.25) is 11.8 Å². The Morgan fingerprint density at radius 3 is 2.45 bits per heavy atom. The number of benzene rings is 2. The number of hydrogen-bond acceptors (Lipinski definition) is 5. The average Bonchev–Trinajstić information content (AvgIpc) is 3.01. The number of ketones is 1. The summed E-state index contributed by atoms with van der Waals surface area (Å²) in [5, 5.41) is 0. The van der Waals surface area contributed by atoms with E-state index in [9.17, 15) is 19.2 Å². The molecular formula is C24H22BrNO5. The fourth-order valence-electron chi connectivity index (χ4n) is 4.35. The van der Waals surface area contributed by atoms with Crippen LogP contribution in [0.3, 0.4) is 0 Å². The number of Topliss-reactive ketones (excluding diaryl/α,β-unsaturated/α-hetero) is 1. The van der Waals surface area contributed by atoms with Crippen molar-refractivity contribution in [3.8, 4) is 0 Å². The molecule has 1 saturated carbocycles. The molecule has 160 valence electrons. The van der Waals surface area contributed by atoms with Crippen LogP contribution < -0.4 is 4.90 Å². The van der Waals surface area contributed by atoms with Crippen molar-refractivity contribution in [1.82, 2.24) is 0 Å². The minimum atomic E-state index is -0.683. The van der Waals surface area contributed by atoms with Crippen LogP contribution in [0.5, 0.6) is 0 Å². The molecule has 1 aliphatic carbocycles. The number of carbonyl (C=O) groups excluding carboxylic acids is 4. The Morgan fingerprint density at radius 2 is 1.71 bits per heavy atom. The van der Waals surface area contributed by atoms with Gasteiger partial charge in [-0.3, -0.25) is 19.3 Å². The highest BCUT2D eigenvalue weighted by molar-refractivity contribution is 9.10. The van der Waals surface area contributed by atoms with Crippen molar-refractivity contribution in [2.75, 3.05) is 11.5 Å². The standard InChI is InChI=1S/C24H22BrNO5/c1-14-5-10-19-20(11-14)23(29)26(22(19)28)18-4-2-3-16(12-18)24(30)31-13-21(27)15-6-8-17(25)9-7-15/h2-4,6-9,12,14,19-20H,5,10-11,13H2,1H3. The Kier molecular flexibility index (Phi) is 6.05. The zero-order valence-corrected chi connectivity index (χ0v) is 18.6. The fourth-order valence-corrected chi connectivity index (χ4v) is 4.61. The van der Waals surface area contributed by atoms with E-state index in [4.69, 9.17) is 4.74 Å². The van der Waals surface area contributed by atoms with Gasteiger partial charge < -0.3 is 4.74 Å². The molecule has 1 aliphatic heterocycles. The summed E-state index contributed by atoms with van der Waals surface area (Å²) in [7, 11) is 0. The van der Waals surface area contributed by atoms with Gasteiger partial charge in [0, 0.05) is 10.0 Å². The van der Waals surface area contributed by atoms with Crippen molar-refractivity contribution < 1.29 is 23.9 Å². The molecule has 0 N–H and O–H groups in total. The topological polar surface area (TPSA) is 80.8 Å². The smallest absolute Gasteiger partial charge is 0.338 e. The molecule has 2 aliphatic rings. The highest BCUT2D eigenvalue weighted by Crippen LogP contribution is 2.42. The molecule has 31 heavy (non-hydrogen) atoms. The van der Waals surface area contributed by atoms with Crippen LogP contribution in [0.2, 0.25) is 0 Å². The number of amides is 2. The van der Waals surface area contributed by atoms with Gasteiger partial charge in [0.15, 0.2) is 12.4 Å². The summed E-state index contributed by atoms with van der Waals surface area (Å²) >= 11 is 3.30. The van der Waals surface area contributed by atoms with Crippen molar-refractivity contribution in [3.63, 3.8) is 0 Å². The van der Waals surface area contributed by atoms with Gasteiger partial charge in [-0.25, -0.2) is 4.79 Å². The van der Waals surface area contributed by atoms with E-state index in [0.29, 0.717) is 30.0 Å². The van der Waals surface area contributed by atoms with Crippen LogP contribution in [0.1, 0.15) is 46.9 Å². The number of imide groups is 1. The Bertz CT molecular complexity index is 1050. The predicted molar refractivity (Wildman–Crippen MR) is 118 cm³/mol. The van der Waals surface area contributed by atoms with Crippen LogP contribution >= 0.6 is 15.9 Å². The molecule has 3 atom stereocenters. The maximum Gasteiger partial charge on any atom is 0.338 e. The number of fused-ring (bicyclic) bond motifs is 1. The van der Waals surface area contributed by atoms with E-state index >= 15 is 0 Å². The largest absolute Gasteiger partial charge is 0.454 e. The summed E-state index contributed by atoms with van der Waals surface area (Å²) in [4.78, 5) is 51.7. The second-order valence-electron chi connectivity index (χ2n) is 8.20. The van der Waals surface area contributed by atoms with Crippen LogP contribution in [0.25, 0.3) is 0 Å². The maximum absolute atomic E-state index is 12.9. The van der Waals surface area contributed by atoms with Gasteiger partial charge in [-0.1, -0.05) is 41.1 Å². The zero-order chi connectivity index (χ0) is 22.1. The number of halogens is 1. The van der Waals surface area contributed by atoms with Crippen molar-refractivity contribution in [2.24, 2.45) is 17.8 Å². The highest BCUT2D eigenvalue weighted by Gasteiger charge is 2.50. The Morgan fingerprint density at radius 1 is 1.00 bits per heavy atom. The summed E-state index contributed by atoms with van der Waals surface area (Å²) in [5.74, 6) is -1.53. The van der Waals surface area contributed by atoms with Crippen LogP contribution in [0, 0.1) is 17.8 Å². The lowest BCUT2D eigenvalue weighted by Crippen LogP contribution is -2.31. The van der Waals surface area contributed by atoms with Gasteiger partial charge in [-0.05, 0) is 55.5 Å². The molecular weight excluding hydrogens is 462 g/mol. The van der Waals surface area contributed by atoms with E-state index in [1.54, 1.807) is 36.4 Å². The van der Waals surface area contributed by atoms with E-state index in [1.807, 2.05) is 0 Å². The molecule has 1 heterocycles. The SMILES string of the molecule is CC1CCC2C(=O)N(c3cccc(C(=O)OCC(=O)c4ccc(Br)cc4)c3)C(=O)C2C1. The van der Waals surface area contributed by atoms with E-state index in [-0.39, 0.29) is 35.0 Å². The molecule has 1 saturated heterocycles. The minimum Gasteiger partial charge on any atom is -0.454 e. The molecule has 2 aromatic rings. The molecule has 2 fully saturated rings. The van der Waals surface area contributed by atoms with Crippen LogP contribution in [0.4, 0.5) is 5.69 Å². The quantitative estimate of drug-likeness (QED) is 0.357. The number of nitrogens with zero attached hydrogens (tertiary/aromatic N) is 1. The molecule has 0 spiro atoms. The summed E-state index contributed by atoms with van der Waals surface area (Å²) in [5.41, 5.74) is 0.991. The lowest BCUT2D eigenvalue weighted by Gasteiger charge is -2.25. The number of carbonyl (C=O) groups is 4. The molecule has 2 amide bonds. The van der Waals surface area contributed by atoms with Crippen LogP contribution in [0.15, 0.2) is 53.0 Å². The van der Waals surface area contributed by atoms with E-state index in [1.165, 1.54) is 17.0 Å². The van der Waals surface area contributed by atoms with Gasteiger partial charge >= 0.3 is 5.97 Å². The first-order valence-corrected chi connectivity index (χ1v) is 11.1. The van der Waals surface area contributed by atoms with Crippen molar-refractivity contribution in [1.29, 1.82) is 0 Å². The van der Waals surface area contributed by atoms with Gasteiger partial charge in [-0.15, -0.1) is 0 Å². The lowest BCUT2D eigenvalue weighted by atomic mass is 9.76. The molecule has 3 unspecified atom stereocenters. The summed E-state index contributed by atoms with van der Waals surface area (Å²) in [6.07, 6.45) is 2.37. The highest BCUT2D eigenvalue weighted by atomic mass is 79.9. The summed E-state index contributed by atoms with van der Waals surface area (Å²) in [6, 6.07) is 13.0. The monoisotopic (exact) mass is 483 g/mol.